The molecule has 0 aliphatic rings. The maximum Gasteiger partial charge on any atom is 0.134 e. The SMILES string of the molecule is Oc1cc(-c2cccc(Cl)c2)ccc1Cl. The monoisotopic (exact) mass is 238 g/mol. The number of phenolic OH excluding ortho intramolecular Hbond substituents is 1. The zero-order valence-electron chi connectivity index (χ0n) is 7.74. The summed E-state index contributed by atoms with van der Waals surface area (Å²) in [4.78, 5) is 0. The van der Waals surface area contributed by atoms with E-state index < -0.39 is 0 Å². The summed E-state index contributed by atoms with van der Waals surface area (Å²) in [5.74, 6) is 0.0779. The molecule has 0 bridgehead atoms. The van der Waals surface area contributed by atoms with E-state index in [0.717, 1.165) is 11.1 Å². The van der Waals surface area contributed by atoms with Crippen molar-refractivity contribution in [2.24, 2.45) is 0 Å². The molecule has 1 nitrogen and oxygen atoms in total. The minimum atomic E-state index is 0.0779. The summed E-state index contributed by atoms with van der Waals surface area (Å²) in [7, 11) is 0. The van der Waals surface area contributed by atoms with Crippen LogP contribution in [0.25, 0.3) is 11.1 Å². The van der Waals surface area contributed by atoms with Gasteiger partial charge in [-0.3, -0.25) is 0 Å². The molecule has 2 aromatic carbocycles. The van der Waals surface area contributed by atoms with E-state index in [2.05, 4.69) is 0 Å². The second-order valence-electron chi connectivity index (χ2n) is 3.18. The molecule has 0 saturated heterocycles. The number of aromatic hydroxyl groups is 1. The van der Waals surface area contributed by atoms with E-state index in [1.807, 2.05) is 24.3 Å². The number of halogens is 2. The summed E-state index contributed by atoms with van der Waals surface area (Å²) in [6.07, 6.45) is 0. The molecule has 0 spiro atoms. The molecule has 0 fully saturated rings. The molecule has 1 N–H and O–H groups in total. The standard InChI is InChI=1S/C12H8Cl2O/c13-10-3-1-2-8(6-10)9-4-5-11(14)12(15)7-9/h1-7,15H. The van der Waals surface area contributed by atoms with Crippen molar-refractivity contribution in [1.82, 2.24) is 0 Å². The van der Waals surface area contributed by atoms with Gasteiger partial charge >= 0.3 is 0 Å². The van der Waals surface area contributed by atoms with E-state index in [9.17, 15) is 5.11 Å². The highest BCUT2D eigenvalue weighted by molar-refractivity contribution is 6.32. The van der Waals surface area contributed by atoms with Gasteiger partial charge in [-0.25, -0.2) is 0 Å². The van der Waals surface area contributed by atoms with Crippen LogP contribution in [0.2, 0.25) is 10.0 Å². The molecule has 0 aliphatic heterocycles. The zero-order valence-corrected chi connectivity index (χ0v) is 9.26. The van der Waals surface area contributed by atoms with Crippen LogP contribution in [-0.2, 0) is 0 Å². The second kappa shape index (κ2) is 4.13. The van der Waals surface area contributed by atoms with Crippen LogP contribution in [0, 0.1) is 0 Å². The molecule has 0 amide bonds. The number of rotatable bonds is 1. The first-order valence-corrected chi connectivity index (χ1v) is 5.17. The molecule has 2 rings (SSSR count). The van der Waals surface area contributed by atoms with E-state index in [1.165, 1.54) is 0 Å². The third-order valence-electron chi connectivity index (χ3n) is 2.10. The third kappa shape index (κ3) is 2.25. The molecule has 0 unspecified atom stereocenters. The van der Waals surface area contributed by atoms with Crippen LogP contribution in [0.3, 0.4) is 0 Å². The van der Waals surface area contributed by atoms with Crippen LogP contribution >= 0.6 is 23.2 Å². The number of benzene rings is 2. The van der Waals surface area contributed by atoms with Gasteiger partial charge in [-0.05, 0) is 35.4 Å². The molecule has 0 aliphatic carbocycles. The normalized spacial score (nSPS) is 10.3. The second-order valence-corrected chi connectivity index (χ2v) is 4.02. The van der Waals surface area contributed by atoms with Crippen molar-refractivity contribution in [3.63, 3.8) is 0 Å². The Labute approximate surface area is 97.9 Å². The van der Waals surface area contributed by atoms with E-state index in [-0.39, 0.29) is 5.75 Å². The van der Waals surface area contributed by atoms with E-state index in [0.29, 0.717) is 10.0 Å². The van der Waals surface area contributed by atoms with Crippen molar-refractivity contribution >= 4 is 23.2 Å². The molecule has 0 radical (unpaired) electrons. The summed E-state index contributed by atoms with van der Waals surface area (Å²) in [5, 5.41) is 10.5. The fourth-order valence-corrected chi connectivity index (χ4v) is 1.67. The van der Waals surface area contributed by atoms with Gasteiger partial charge in [0.15, 0.2) is 0 Å². The minimum Gasteiger partial charge on any atom is -0.506 e. The highest BCUT2D eigenvalue weighted by atomic mass is 35.5. The number of hydrogen-bond donors (Lipinski definition) is 1. The Morgan fingerprint density at radius 2 is 1.60 bits per heavy atom. The molecule has 0 atom stereocenters. The third-order valence-corrected chi connectivity index (χ3v) is 2.66. The first kappa shape index (κ1) is 10.3. The van der Waals surface area contributed by atoms with Gasteiger partial charge in [0, 0.05) is 5.02 Å². The van der Waals surface area contributed by atoms with Crippen molar-refractivity contribution in [2.45, 2.75) is 0 Å². The molecular weight excluding hydrogens is 231 g/mol. The van der Waals surface area contributed by atoms with Gasteiger partial charge in [0.1, 0.15) is 5.75 Å². The van der Waals surface area contributed by atoms with Crippen molar-refractivity contribution in [1.29, 1.82) is 0 Å². The summed E-state index contributed by atoms with van der Waals surface area (Å²) in [6, 6.07) is 12.6. The lowest BCUT2D eigenvalue weighted by molar-refractivity contribution is 0.476. The van der Waals surface area contributed by atoms with Gasteiger partial charge in [0.05, 0.1) is 5.02 Å². The van der Waals surface area contributed by atoms with Crippen LogP contribution in [-0.4, -0.2) is 5.11 Å². The van der Waals surface area contributed by atoms with Gasteiger partial charge in [-0.2, -0.15) is 0 Å². The molecule has 76 valence electrons. The van der Waals surface area contributed by atoms with Crippen molar-refractivity contribution < 1.29 is 5.11 Å². The van der Waals surface area contributed by atoms with Gasteiger partial charge in [-0.15, -0.1) is 0 Å². The van der Waals surface area contributed by atoms with Gasteiger partial charge < -0.3 is 5.11 Å². The van der Waals surface area contributed by atoms with Crippen LogP contribution in [0.15, 0.2) is 42.5 Å². The van der Waals surface area contributed by atoms with Crippen LogP contribution < -0.4 is 0 Å². The minimum absolute atomic E-state index is 0.0779. The van der Waals surface area contributed by atoms with E-state index >= 15 is 0 Å². The zero-order chi connectivity index (χ0) is 10.8. The molecule has 2 aromatic rings. The Kier molecular flexibility index (Phi) is 2.85. The predicted molar refractivity (Wildman–Crippen MR) is 63.6 cm³/mol. The van der Waals surface area contributed by atoms with Crippen LogP contribution in [0.4, 0.5) is 0 Å². The highest BCUT2D eigenvalue weighted by Gasteiger charge is 2.02. The molecule has 15 heavy (non-hydrogen) atoms. The lowest BCUT2D eigenvalue weighted by Gasteiger charge is -2.03. The topological polar surface area (TPSA) is 20.2 Å². The van der Waals surface area contributed by atoms with Crippen molar-refractivity contribution in [3.8, 4) is 16.9 Å². The van der Waals surface area contributed by atoms with Crippen molar-refractivity contribution in [2.75, 3.05) is 0 Å². The highest BCUT2D eigenvalue weighted by Crippen LogP contribution is 2.30. The van der Waals surface area contributed by atoms with E-state index in [1.54, 1.807) is 18.2 Å². The maximum absolute atomic E-state index is 9.47. The van der Waals surface area contributed by atoms with Gasteiger partial charge in [0.2, 0.25) is 0 Å². The average Bonchev–Trinajstić information content (AvgIpc) is 2.22. The van der Waals surface area contributed by atoms with Gasteiger partial charge in [0.25, 0.3) is 0 Å². The Morgan fingerprint density at radius 3 is 2.27 bits per heavy atom. The molecular formula is C12H8Cl2O. The number of phenols is 1. The van der Waals surface area contributed by atoms with Crippen molar-refractivity contribution in [3.05, 3.63) is 52.5 Å². The quantitative estimate of drug-likeness (QED) is 0.783. The Balaban J connectivity index is 2.50. The molecule has 3 heteroatoms. The van der Waals surface area contributed by atoms with Crippen LogP contribution in [0.1, 0.15) is 0 Å². The first-order chi connectivity index (χ1) is 7.16. The Morgan fingerprint density at radius 1 is 0.867 bits per heavy atom. The lowest BCUT2D eigenvalue weighted by atomic mass is 10.1. The smallest absolute Gasteiger partial charge is 0.134 e. The summed E-state index contributed by atoms with van der Waals surface area (Å²) in [6.45, 7) is 0. The first-order valence-electron chi connectivity index (χ1n) is 4.41. The largest absolute Gasteiger partial charge is 0.506 e. The Bertz CT molecular complexity index is 495. The summed E-state index contributed by atoms with van der Waals surface area (Å²) < 4.78 is 0. The molecule has 0 heterocycles. The Hall–Kier alpha value is -1.18. The number of hydrogen-bond acceptors (Lipinski definition) is 1. The summed E-state index contributed by atoms with van der Waals surface area (Å²) >= 11 is 11.6. The molecule has 0 aromatic heterocycles. The maximum atomic E-state index is 9.47. The van der Waals surface area contributed by atoms with Crippen LogP contribution in [0.5, 0.6) is 5.75 Å². The average molecular weight is 239 g/mol. The van der Waals surface area contributed by atoms with Gasteiger partial charge in [-0.1, -0.05) is 41.4 Å². The predicted octanol–water partition coefficient (Wildman–Crippen LogP) is 4.37. The van der Waals surface area contributed by atoms with E-state index in [4.69, 9.17) is 23.2 Å². The fraction of sp³-hybridized carbons (Fsp3) is 0. The fourth-order valence-electron chi connectivity index (χ4n) is 1.36. The molecule has 0 saturated carbocycles. The summed E-state index contributed by atoms with van der Waals surface area (Å²) in [5.41, 5.74) is 1.84. The lowest BCUT2D eigenvalue weighted by Crippen LogP contribution is -1.78.